The lowest BCUT2D eigenvalue weighted by atomic mass is 9.88. The quantitative estimate of drug-likeness (QED) is 0.777. The van der Waals surface area contributed by atoms with E-state index < -0.39 is 5.41 Å². The Morgan fingerprint density at radius 3 is 2.94 bits per heavy atom. The van der Waals surface area contributed by atoms with Gasteiger partial charge in [-0.3, -0.25) is 0 Å². The molecule has 0 N–H and O–H groups in total. The number of halogens is 1. The number of nitrogens with zero attached hydrogens (tertiary/aromatic N) is 1. The number of hydrogen-bond donors (Lipinski definition) is 0. The molecule has 0 radical (unpaired) electrons. The fourth-order valence-corrected chi connectivity index (χ4v) is 3.38. The van der Waals surface area contributed by atoms with Crippen molar-refractivity contribution < 1.29 is 9.13 Å². The lowest BCUT2D eigenvalue weighted by molar-refractivity contribution is 0.181. The summed E-state index contributed by atoms with van der Waals surface area (Å²) < 4.78 is 18.7. The highest BCUT2D eigenvalue weighted by atomic mass is 32.1. The second-order valence-corrected chi connectivity index (χ2v) is 6.34. The standard InChI is InChI=1S/C11H17FNOPS/c1-14-6-9-7-16-10(13-9)8-2-4-11(12,15)5-3-8/h7-8H,2-6,15H2,1H3. The highest BCUT2D eigenvalue weighted by Crippen LogP contribution is 2.44. The molecule has 1 atom stereocenters. The minimum atomic E-state index is -1.04. The van der Waals surface area contributed by atoms with Crippen LogP contribution in [0.1, 0.15) is 42.3 Å². The first-order chi connectivity index (χ1) is 7.61. The Labute approximate surface area is 102 Å². The molecule has 1 aliphatic rings. The molecule has 1 aliphatic carbocycles. The van der Waals surface area contributed by atoms with Gasteiger partial charge in [0, 0.05) is 18.4 Å². The number of ether oxygens (including phenoxy) is 1. The average Bonchev–Trinajstić information content (AvgIpc) is 2.67. The highest BCUT2D eigenvalue weighted by molar-refractivity contribution is 7.18. The summed E-state index contributed by atoms with van der Waals surface area (Å²) >= 11 is 1.68. The molecular weight excluding hydrogens is 244 g/mol. The van der Waals surface area contributed by atoms with E-state index in [1.165, 1.54) is 0 Å². The van der Waals surface area contributed by atoms with Crippen molar-refractivity contribution in [1.29, 1.82) is 0 Å². The molecule has 1 aromatic heterocycles. The lowest BCUT2D eigenvalue weighted by Gasteiger charge is -2.29. The molecule has 1 aromatic rings. The predicted molar refractivity (Wildman–Crippen MR) is 67.6 cm³/mol. The van der Waals surface area contributed by atoms with Gasteiger partial charge < -0.3 is 4.74 Å². The van der Waals surface area contributed by atoms with Gasteiger partial charge in [-0.15, -0.1) is 11.3 Å². The van der Waals surface area contributed by atoms with Gasteiger partial charge >= 0.3 is 0 Å². The second-order valence-electron chi connectivity index (χ2n) is 4.42. The number of hydrogen-bond acceptors (Lipinski definition) is 3. The molecule has 1 unspecified atom stereocenters. The van der Waals surface area contributed by atoms with Crippen LogP contribution in [-0.4, -0.2) is 17.5 Å². The molecule has 0 spiro atoms. The van der Waals surface area contributed by atoms with Crippen LogP contribution in [0.4, 0.5) is 4.39 Å². The molecule has 1 heterocycles. The summed E-state index contributed by atoms with van der Waals surface area (Å²) in [5.41, 5.74) is 0.991. The third kappa shape index (κ3) is 2.99. The molecule has 0 aliphatic heterocycles. The first kappa shape index (κ1) is 12.4. The van der Waals surface area contributed by atoms with E-state index in [4.69, 9.17) is 4.74 Å². The maximum atomic E-state index is 13.6. The van der Waals surface area contributed by atoms with Gasteiger partial charge in [0.25, 0.3) is 0 Å². The Balaban J connectivity index is 1.97. The first-order valence-electron chi connectivity index (χ1n) is 5.52. The predicted octanol–water partition coefficient (Wildman–Crippen LogP) is 3.49. The summed E-state index contributed by atoms with van der Waals surface area (Å²) in [6.07, 6.45) is 3.06. The van der Waals surface area contributed by atoms with E-state index in [9.17, 15) is 4.39 Å². The van der Waals surface area contributed by atoms with Crippen molar-refractivity contribution >= 4 is 20.6 Å². The molecule has 1 saturated carbocycles. The second kappa shape index (κ2) is 5.07. The van der Waals surface area contributed by atoms with Crippen LogP contribution in [0.25, 0.3) is 0 Å². The fourth-order valence-electron chi connectivity index (χ4n) is 2.07. The van der Waals surface area contributed by atoms with E-state index in [0.717, 1.165) is 23.5 Å². The van der Waals surface area contributed by atoms with Crippen molar-refractivity contribution in [3.63, 3.8) is 0 Å². The molecule has 1 fully saturated rings. The molecular formula is C11H17FNOPS. The van der Waals surface area contributed by atoms with Crippen molar-refractivity contribution in [3.05, 3.63) is 16.1 Å². The lowest BCUT2D eigenvalue weighted by Crippen LogP contribution is -2.21. The maximum Gasteiger partial charge on any atom is 0.123 e. The van der Waals surface area contributed by atoms with E-state index in [1.54, 1.807) is 18.4 Å². The van der Waals surface area contributed by atoms with Gasteiger partial charge in [0.05, 0.1) is 17.3 Å². The normalized spacial score (nSPS) is 30.6. The molecule has 2 rings (SSSR count). The Bertz CT molecular complexity index is 346. The zero-order valence-electron chi connectivity index (χ0n) is 9.41. The summed E-state index contributed by atoms with van der Waals surface area (Å²) in [7, 11) is 4.01. The Kier molecular flexibility index (Phi) is 3.93. The summed E-state index contributed by atoms with van der Waals surface area (Å²) in [5.74, 6) is 0.444. The molecule has 0 aromatic carbocycles. The summed E-state index contributed by atoms with van der Waals surface area (Å²) in [5, 5.41) is 2.15. The van der Waals surface area contributed by atoms with E-state index in [0.29, 0.717) is 25.4 Å². The van der Waals surface area contributed by atoms with Crippen LogP contribution >= 0.6 is 20.6 Å². The monoisotopic (exact) mass is 261 g/mol. The van der Waals surface area contributed by atoms with Gasteiger partial charge in [0.2, 0.25) is 0 Å². The minimum absolute atomic E-state index is 0.444. The molecule has 0 bridgehead atoms. The van der Waals surface area contributed by atoms with Crippen LogP contribution in [0.5, 0.6) is 0 Å². The van der Waals surface area contributed by atoms with Crippen LogP contribution < -0.4 is 0 Å². The van der Waals surface area contributed by atoms with Crippen molar-refractivity contribution in [2.24, 2.45) is 0 Å². The summed E-state index contributed by atoms with van der Waals surface area (Å²) in [4.78, 5) is 4.54. The Hall–Kier alpha value is -0.0500. The highest BCUT2D eigenvalue weighted by Gasteiger charge is 2.32. The van der Waals surface area contributed by atoms with E-state index in [-0.39, 0.29) is 0 Å². The summed E-state index contributed by atoms with van der Waals surface area (Å²) in [6.45, 7) is 0.569. The first-order valence-corrected chi connectivity index (χ1v) is 6.97. The maximum absolute atomic E-state index is 13.6. The number of methoxy groups -OCH3 is 1. The molecule has 16 heavy (non-hydrogen) atoms. The molecule has 0 amide bonds. The zero-order chi connectivity index (χ0) is 11.6. The van der Waals surface area contributed by atoms with Crippen LogP contribution in [0.2, 0.25) is 0 Å². The van der Waals surface area contributed by atoms with Crippen molar-refractivity contribution in [2.75, 3.05) is 7.11 Å². The fraction of sp³-hybridized carbons (Fsp3) is 0.727. The minimum Gasteiger partial charge on any atom is -0.378 e. The van der Waals surface area contributed by atoms with Crippen molar-refractivity contribution in [3.8, 4) is 0 Å². The van der Waals surface area contributed by atoms with Crippen molar-refractivity contribution in [2.45, 2.75) is 43.6 Å². The number of alkyl halides is 1. The summed E-state index contributed by atoms with van der Waals surface area (Å²) in [6, 6.07) is 0. The molecule has 2 nitrogen and oxygen atoms in total. The van der Waals surface area contributed by atoms with Crippen LogP contribution in [0.3, 0.4) is 0 Å². The largest absolute Gasteiger partial charge is 0.378 e. The van der Waals surface area contributed by atoms with Gasteiger partial charge in [-0.25, -0.2) is 9.37 Å². The van der Waals surface area contributed by atoms with Gasteiger partial charge in [-0.05, 0) is 25.7 Å². The Morgan fingerprint density at radius 2 is 2.31 bits per heavy atom. The number of aromatic nitrogens is 1. The number of thiazole rings is 1. The third-order valence-corrected chi connectivity index (χ3v) is 4.66. The van der Waals surface area contributed by atoms with Crippen LogP contribution in [0.15, 0.2) is 5.38 Å². The van der Waals surface area contributed by atoms with E-state index in [1.807, 2.05) is 5.38 Å². The third-order valence-electron chi connectivity index (χ3n) is 3.03. The van der Waals surface area contributed by atoms with Gasteiger partial charge in [-0.1, -0.05) is 9.24 Å². The van der Waals surface area contributed by atoms with Crippen LogP contribution in [-0.2, 0) is 11.3 Å². The Morgan fingerprint density at radius 1 is 1.62 bits per heavy atom. The van der Waals surface area contributed by atoms with E-state index in [2.05, 4.69) is 14.2 Å². The molecule has 5 heteroatoms. The number of rotatable bonds is 3. The average molecular weight is 261 g/mol. The smallest absolute Gasteiger partial charge is 0.123 e. The van der Waals surface area contributed by atoms with Gasteiger partial charge in [-0.2, -0.15) is 0 Å². The zero-order valence-corrected chi connectivity index (χ0v) is 11.4. The van der Waals surface area contributed by atoms with Gasteiger partial charge in [0.1, 0.15) is 5.41 Å². The van der Waals surface area contributed by atoms with E-state index >= 15 is 0 Å². The van der Waals surface area contributed by atoms with Crippen molar-refractivity contribution in [1.82, 2.24) is 4.98 Å². The topological polar surface area (TPSA) is 22.1 Å². The SMILES string of the molecule is COCc1csc(C2CCC(F)(P)CC2)n1. The van der Waals surface area contributed by atoms with Gasteiger partial charge in [0.15, 0.2) is 0 Å². The molecule has 90 valence electrons. The van der Waals surface area contributed by atoms with Crippen LogP contribution in [0, 0.1) is 0 Å². The molecule has 0 saturated heterocycles.